The molecule has 1 atom stereocenters. The molecule has 0 fully saturated rings. The second-order valence-electron chi connectivity index (χ2n) is 8.18. The van der Waals surface area contributed by atoms with Crippen LogP contribution in [0, 0.1) is 0 Å². The first-order chi connectivity index (χ1) is 15.4. The summed E-state index contributed by atoms with van der Waals surface area (Å²) in [6.45, 7) is 9.22. The zero-order valence-electron chi connectivity index (χ0n) is 19.1. The topological polar surface area (TPSA) is 59.1 Å². The molecule has 1 aliphatic rings. The van der Waals surface area contributed by atoms with Crippen LogP contribution in [0.4, 0.5) is 0 Å². The summed E-state index contributed by atoms with van der Waals surface area (Å²) in [5.74, 6) is 0.917. The van der Waals surface area contributed by atoms with Crippen molar-refractivity contribution in [2.75, 3.05) is 40.0 Å². The lowest BCUT2D eigenvalue weighted by atomic mass is 10.00. The van der Waals surface area contributed by atoms with Crippen LogP contribution in [0.3, 0.4) is 0 Å². The summed E-state index contributed by atoms with van der Waals surface area (Å²) in [5, 5.41) is 2.06. The van der Waals surface area contributed by atoms with E-state index in [9.17, 15) is 9.59 Å². The van der Waals surface area contributed by atoms with Crippen LogP contribution < -0.4 is 4.74 Å². The lowest BCUT2D eigenvalue weighted by Crippen LogP contribution is -2.48. The van der Waals surface area contributed by atoms with Gasteiger partial charge in [0.2, 0.25) is 11.8 Å². The third-order valence-electron chi connectivity index (χ3n) is 5.67. The second kappa shape index (κ2) is 11.3. The van der Waals surface area contributed by atoms with Crippen molar-refractivity contribution in [3.8, 4) is 5.75 Å². The number of methoxy groups -OCH3 is 1. The average molecular weight is 457 g/mol. The van der Waals surface area contributed by atoms with Crippen LogP contribution in [0.2, 0.25) is 0 Å². The first kappa shape index (κ1) is 24.0. The predicted molar refractivity (Wildman–Crippen MR) is 127 cm³/mol. The largest absolute Gasteiger partial charge is 0.491 e. The van der Waals surface area contributed by atoms with E-state index in [-0.39, 0.29) is 31.0 Å². The summed E-state index contributed by atoms with van der Waals surface area (Å²) in [6.07, 6.45) is 2.43. The number of benzene rings is 1. The lowest BCUT2D eigenvalue weighted by Gasteiger charge is -2.37. The zero-order chi connectivity index (χ0) is 23.1. The maximum Gasteiger partial charge on any atom is 0.249 e. The number of thiophene rings is 1. The second-order valence-corrected chi connectivity index (χ2v) is 9.18. The van der Waals surface area contributed by atoms with E-state index in [0.29, 0.717) is 25.6 Å². The van der Waals surface area contributed by atoms with Gasteiger partial charge in [-0.3, -0.25) is 9.59 Å². The highest BCUT2D eigenvalue weighted by molar-refractivity contribution is 7.10. The highest BCUT2D eigenvalue weighted by Crippen LogP contribution is 2.34. The Bertz CT molecular complexity index is 922. The van der Waals surface area contributed by atoms with Crippen molar-refractivity contribution >= 4 is 23.2 Å². The maximum atomic E-state index is 13.3. The Hall–Kier alpha value is -2.64. The number of hydrogen-bond acceptors (Lipinski definition) is 5. The van der Waals surface area contributed by atoms with Gasteiger partial charge in [-0.1, -0.05) is 32.1 Å². The molecule has 0 N–H and O–H groups in total. The Labute approximate surface area is 194 Å². The van der Waals surface area contributed by atoms with Crippen molar-refractivity contribution in [2.45, 2.75) is 32.2 Å². The number of hydrogen-bond donors (Lipinski definition) is 0. The molecular formula is C25H32N2O4S. The molecule has 0 saturated carbocycles. The molecule has 0 saturated heterocycles. The Morgan fingerprint density at radius 2 is 2.03 bits per heavy atom. The van der Waals surface area contributed by atoms with Crippen LogP contribution in [0.15, 0.2) is 48.4 Å². The molecule has 2 aromatic rings. The SMILES string of the molecule is C=CCN(CC(=O)N1CCc2sccc2C1COc1ccc(C(C)C)cc1)C(=O)COC. The van der Waals surface area contributed by atoms with E-state index in [1.165, 1.54) is 22.5 Å². The number of ether oxygens (including phenoxy) is 2. The molecule has 0 aliphatic carbocycles. The molecule has 32 heavy (non-hydrogen) atoms. The minimum Gasteiger partial charge on any atom is -0.491 e. The molecule has 1 aromatic heterocycles. The van der Waals surface area contributed by atoms with Gasteiger partial charge in [0.15, 0.2) is 0 Å². The molecule has 1 aliphatic heterocycles. The van der Waals surface area contributed by atoms with Crippen LogP contribution in [0.25, 0.3) is 0 Å². The maximum absolute atomic E-state index is 13.3. The molecular weight excluding hydrogens is 424 g/mol. The van der Waals surface area contributed by atoms with E-state index in [0.717, 1.165) is 17.7 Å². The van der Waals surface area contributed by atoms with Crippen LogP contribution in [0.5, 0.6) is 5.75 Å². The number of amides is 2. The molecule has 1 aromatic carbocycles. The fourth-order valence-corrected chi connectivity index (χ4v) is 4.81. The molecule has 7 heteroatoms. The van der Waals surface area contributed by atoms with Gasteiger partial charge in [-0.25, -0.2) is 0 Å². The highest BCUT2D eigenvalue weighted by Gasteiger charge is 2.33. The Morgan fingerprint density at radius 3 is 2.69 bits per heavy atom. The van der Waals surface area contributed by atoms with Crippen molar-refractivity contribution in [1.82, 2.24) is 9.80 Å². The predicted octanol–water partition coefficient (Wildman–Crippen LogP) is 4.04. The molecule has 0 radical (unpaired) electrons. The number of carbonyl (C=O) groups excluding carboxylic acids is 2. The summed E-state index contributed by atoms with van der Waals surface area (Å²) in [4.78, 5) is 30.2. The third kappa shape index (κ3) is 5.78. The van der Waals surface area contributed by atoms with Crippen LogP contribution in [0.1, 0.15) is 41.8 Å². The molecule has 172 valence electrons. The van der Waals surface area contributed by atoms with E-state index >= 15 is 0 Å². The molecule has 0 spiro atoms. The minimum atomic E-state index is -0.230. The first-order valence-electron chi connectivity index (χ1n) is 10.9. The smallest absolute Gasteiger partial charge is 0.249 e. The van der Waals surface area contributed by atoms with Gasteiger partial charge in [-0.05, 0) is 47.0 Å². The molecule has 1 unspecified atom stereocenters. The number of rotatable bonds is 10. The zero-order valence-corrected chi connectivity index (χ0v) is 19.9. The van der Waals surface area contributed by atoms with E-state index < -0.39 is 0 Å². The normalized spacial score (nSPS) is 15.4. The van der Waals surface area contributed by atoms with Gasteiger partial charge in [0.1, 0.15) is 25.5 Å². The van der Waals surface area contributed by atoms with Gasteiger partial charge in [-0.15, -0.1) is 17.9 Å². The Morgan fingerprint density at radius 1 is 1.28 bits per heavy atom. The molecule has 2 amide bonds. The highest BCUT2D eigenvalue weighted by atomic mass is 32.1. The Balaban J connectivity index is 1.74. The number of fused-ring (bicyclic) bond motifs is 1. The fourth-order valence-electron chi connectivity index (χ4n) is 3.88. The molecule has 0 bridgehead atoms. The first-order valence-corrected chi connectivity index (χ1v) is 11.8. The third-order valence-corrected chi connectivity index (χ3v) is 6.66. The molecule has 6 nitrogen and oxygen atoms in total. The van der Waals surface area contributed by atoms with Crippen molar-refractivity contribution in [3.05, 3.63) is 64.4 Å². The average Bonchev–Trinajstić information content (AvgIpc) is 3.26. The van der Waals surface area contributed by atoms with Gasteiger partial charge in [0, 0.05) is 25.1 Å². The van der Waals surface area contributed by atoms with E-state index in [1.807, 2.05) is 17.0 Å². The summed E-state index contributed by atoms with van der Waals surface area (Å²) in [5.41, 5.74) is 2.39. The van der Waals surface area contributed by atoms with E-state index in [4.69, 9.17) is 9.47 Å². The van der Waals surface area contributed by atoms with E-state index in [2.05, 4.69) is 44.0 Å². The minimum absolute atomic E-state index is 0.00668. The van der Waals surface area contributed by atoms with Crippen LogP contribution in [-0.4, -0.2) is 61.6 Å². The lowest BCUT2D eigenvalue weighted by molar-refractivity contribution is -0.144. The van der Waals surface area contributed by atoms with Gasteiger partial charge >= 0.3 is 0 Å². The molecule has 3 rings (SSSR count). The van der Waals surface area contributed by atoms with Gasteiger partial charge in [0.25, 0.3) is 0 Å². The van der Waals surface area contributed by atoms with E-state index in [1.54, 1.807) is 17.4 Å². The van der Waals surface area contributed by atoms with Gasteiger partial charge in [0.05, 0.1) is 6.04 Å². The van der Waals surface area contributed by atoms with Crippen molar-refractivity contribution in [2.24, 2.45) is 0 Å². The number of carbonyl (C=O) groups is 2. The summed E-state index contributed by atoms with van der Waals surface area (Å²) in [6, 6.07) is 10.0. The van der Waals surface area contributed by atoms with Crippen molar-refractivity contribution < 1.29 is 19.1 Å². The summed E-state index contributed by atoms with van der Waals surface area (Å²) < 4.78 is 11.1. The van der Waals surface area contributed by atoms with Gasteiger partial charge < -0.3 is 19.3 Å². The summed E-state index contributed by atoms with van der Waals surface area (Å²) in [7, 11) is 1.47. The van der Waals surface area contributed by atoms with Gasteiger partial charge in [-0.2, -0.15) is 0 Å². The monoisotopic (exact) mass is 456 g/mol. The van der Waals surface area contributed by atoms with Crippen LogP contribution >= 0.6 is 11.3 Å². The van der Waals surface area contributed by atoms with Crippen molar-refractivity contribution in [3.63, 3.8) is 0 Å². The quantitative estimate of drug-likeness (QED) is 0.507. The summed E-state index contributed by atoms with van der Waals surface area (Å²) >= 11 is 1.72. The Kier molecular flexibility index (Phi) is 8.47. The standard InChI is InChI=1S/C25H32N2O4S/c1-5-12-26(25(29)17-30-4)15-24(28)27-13-10-23-21(11-14-32-23)22(27)16-31-20-8-6-19(7-9-20)18(2)3/h5-9,11,14,18,22H,1,10,12-13,15-17H2,2-4H3. The fraction of sp³-hybridized carbons (Fsp3) is 0.440. The van der Waals surface area contributed by atoms with Crippen molar-refractivity contribution in [1.29, 1.82) is 0 Å². The molecule has 2 heterocycles. The van der Waals surface area contributed by atoms with Crippen LogP contribution in [-0.2, 0) is 20.7 Å². The number of nitrogens with zero attached hydrogens (tertiary/aromatic N) is 2.